The van der Waals surface area contributed by atoms with Crippen LogP contribution in [0.25, 0.3) is 0 Å². The molecular weight excluding hydrogens is 454 g/mol. The monoisotopic (exact) mass is 469 g/mol. The summed E-state index contributed by atoms with van der Waals surface area (Å²) in [4.78, 5) is 13.1. The van der Waals surface area contributed by atoms with Crippen molar-refractivity contribution in [3.05, 3.63) is 69.2 Å². The van der Waals surface area contributed by atoms with Crippen molar-refractivity contribution in [3.63, 3.8) is 0 Å². The fourth-order valence-corrected chi connectivity index (χ4v) is 5.57. The number of nitrogens with one attached hydrogen (secondary N) is 1. The third-order valence-corrected chi connectivity index (χ3v) is 7.53. The van der Waals surface area contributed by atoms with Gasteiger partial charge in [-0.3, -0.25) is 4.79 Å². The first kappa shape index (κ1) is 19.7. The maximum absolute atomic E-state index is 13.2. The Morgan fingerprint density at radius 3 is 2.52 bits per heavy atom. The molecule has 0 saturated heterocycles. The molecule has 0 bridgehead atoms. The lowest BCUT2D eigenvalue weighted by Gasteiger charge is -2.17. The standard InChI is InChI=1S/C18H16BrNO5S2/c1-24-12-4-6-13(7-5-12)27(22,23)16(15-3-2-10-26-15)11-20-18(21)14-8-9-17(19)25-14/h2-10,16H,11H2,1H3,(H,20,21). The molecule has 0 aliphatic rings. The number of sulfone groups is 1. The smallest absolute Gasteiger partial charge is 0.287 e. The number of halogens is 1. The lowest BCUT2D eigenvalue weighted by Crippen LogP contribution is -2.31. The minimum Gasteiger partial charge on any atom is -0.497 e. The molecular formula is C18H16BrNO5S2. The van der Waals surface area contributed by atoms with Gasteiger partial charge in [0, 0.05) is 11.4 Å². The number of carbonyl (C=O) groups is 1. The van der Waals surface area contributed by atoms with E-state index in [1.54, 1.807) is 35.7 Å². The van der Waals surface area contributed by atoms with Crippen LogP contribution in [-0.4, -0.2) is 28.0 Å². The minimum atomic E-state index is -3.72. The first-order chi connectivity index (χ1) is 12.9. The molecule has 27 heavy (non-hydrogen) atoms. The van der Waals surface area contributed by atoms with E-state index in [-0.39, 0.29) is 17.2 Å². The number of hydrogen-bond acceptors (Lipinski definition) is 6. The van der Waals surface area contributed by atoms with E-state index >= 15 is 0 Å². The van der Waals surface area contributed by atoms with E-state index < -0.39 is 21.0 Å². The molecule has 0 aliphatic carbocycles. The van der Waals surface area contributed by atoms with Crippen LogP contribution in [0.3, 0.4) is 0 Å². The first-order valence-electron chi connectivity index (χ1n) is 7.86. The molecule has 3 aromatic rings. The van der Waals surface area contributed by atoms with Crippen LogP contribution in [-0.2, 0) is 9.84 Å². The number of carbonyl (C=O) groups excluding carboxylic acids is 1. The number of benzene rings is 1. The van der Waals surface area contributed by atoms with E-state index in [0.29, 0.717) is 15.3 Å². The molecule has 0 spiro atoms. The van der Waals surface area contributed by atoms with Crippen LogP contribution in [0.1, 0.15) is 20.7 Å². The van der Waals surface area contributed by atoms with Crippen molar-refractivity contribution in [2.24, 2.45) is 0 Å². The van der Waals surface area contributed by atoms with E-state index in [4.69, 9.17) is 9.15 Å². The third-order valence-electron chi connectivity index (χ3n) is 3.87. The zero-order valence-electron chi connectivity index (χ0n) is 14.2. The van der Waals surface area contributed by atoms with Crippen molar-refractivity contribution in [2.75, 3.05) is 13.7 Å². The van der Waals surface area contributed by atoms with Gasteiger partial charge in [0.1, 0.15) is 11.0 Å². The molecule has 9 heteroatoms. The highest BCUT2D eigenvalue weighted by Gasteiger charge is 2.31. The molecule has 0 fully saturated rings. The summed E-state index contributed by atoms with van der Waals surface area (Å²) in [5.74, 6) is 0.194. The van der Waals surface area contributed by atoms with Crippen molar-refractivity contribution in [1.29, 1.82) is 0 Å². The Hall–Kier alpha value is -2.10. The average Bonchev–Trinajstić information content (AvgIpc) is 3.33. The highest BCUT2D eigenvalue weighted by molar-refractivity contribution is 9.10. The third kappa shape index (κ3) is 4.42. The topological polar surface area (TPSA) is 85.6 Å². The normalized spacial score (nSPS) is 12.5. The Bertz CT molecular complexity index is 1010. The van der Waals surface area contributed by atoms with Gasteiger partial charge >= 0.3 is 0 Å². The summed E-state index contributed by atoms with van der Waals surface area (Å²) in [6.07, 6.45) is 0. The minimum absolute atomic E-state index is 0.0774. The molecule has 2 heterocycles. The summed E-state index contributed by atoms with van der Waals surface area (Å²) in [7, 11) is -2.21. The molecule has 0 radical (unpaired) electrons. The summed E-state index contributed by atoms with van der Waals surface area (Å²) in [6, 6.07) is 12.8. The first-order valence-corrected chi connectivity index (χ1v) is 11.1. The van der Waals surface area contributed by atoms with Crippen LogP contribution in [0, 0.1) is 0 Å². The predicted molar refractivity (Wildman–Crippen MR) is 106 cm³/mol. The van der Waals surface area contributed by atoms with Gasteiger partial charge in [-0.1, -0.05) is 6.07 Å². The number of rotatable bonds is 7. The van der Waals surface area contributed by atoms with Crippen molar-refractivity contribution in [2.45, 2.75) is 10.1 Å². The van der Waals surface area contributed by atoms with Crippen LogP contribution in [0.15, 0.2) is 67.9 Å². The number of amides is 1. The Kier molecular flexibility index (Phi) is 6.03. The Morgan fingerprint density at radius 2 is 1.96 bits per heavy atom. The molecule has 1 N–H and O–H groups in total. The molecule has 142 valence electrons. The number of ether oxygens (including phenoxy) is 1. The Balaban J connectivity index is 1.85. The summed E-state index contributed by atoms with van der Waals surface area (Å²) in [5, 5.41) is 3.54. The predicted octanol–water partition coefficient (Wildman–Crippen LogP) is 4.06. The number of methoxy groups -OCH3 is 1. The molecule has 1 atom stereocenters. The molecule has 3 rings (SSSR count). The van der Waals surface area contributed by atoms with E-state index in [2.05, 4.69) is 21.2 Å². The number of furan rings is 1. The molecule has 1 amide bonds. The van der Waals surface area contributed by atoms with E-state index in [1.165, 1.54) is 36.6 Å². The van der Waals surface area contributed by atoms with Gasteiger partial charge in [-0.25, -0.2) is 8.42 Å². The molecule has 6 nitrogen and oxygen atoms in total. The number of hydrogen-bond donors (Lipinski definition) is 1. The number of thiophene rings is 1. The highest BCUT2D eigenvalue weighted by Crippen LogP contribution is 2.32. The van der Waals surface area contributed by atoms with Gasteiger partial charge in [0.05, 0.1) is 12.0 Å². The Morgan fingerprint density at radius 1 is 1.22 bits per heavy atom. The van der Waals surface area contributed by atoms with Crippen molar-refractivity contribution in [3.8, 4) is 5.75 Å². The van der Waals surface area contributed by atoms with Gasteiger partial charge in [-0.2, -0.15) is 0 Å². The summed E-state index contributed by atoms with van der Waals surface area (Å²) in [6.45, 7) is -0.0774. The largest absolute Gasteiger partial charge is 0.497 e. The summed E-state index contributed by atoms with van der Waals surface area (Å²) >= 11 is 4.46. The quantitative estimate of drug-likeness (QED) is 0.563. The fraction of sp³-hybridized carbons (Fsp3) is 0.167. The SMILES string of the molecule is COc1ccc(S(=O)(=O)C(CNC(=O)c2ccc(Br)o2)c2cccs2)cc1. The molecule has 1 unspecified atom stereocenters. The van der Waals surface area contributed by atoms with E-state index in [9.17, 15) is 13.2 Å². The second-order valence-corrected chi connectivity index (χ2v) is 9.43. The van der Waals surface area contributed by atoms with E-state index in [1.807, 2.05) is 0 Å². The van der Waals surface area contributed by atoms with Crippen molar-refractivity contribution < 1.29 is 22.4 Å². The van der Waals surface area contributed by atoms with Crippen LogP contribution >= 0.6 is 27.3 Å². The molecule has 0 aliphatic heterocycles. The van der Waals surface area contributed by atoms with Gasteiger partial charge < -0.3 is 14.5 Å². The Labute approximate surface area is 169 Å². The fourth-order valence-electron chi connectivity index (χ4n) is 2.48. The van der Waals surface area contributed by atoms with Crippen LogP contribution in [0.4, 0.5) is 0 Å². The second kappa shape index (κ2) is 8.28. The molecule has 0 saturated carbocycles. The van der Waals surface area contributed by atoms with Crippen molar-refractivity contribution >= 4 is 43.0 Å². The lowest BCUT2D eigenvalue weighted by molar-refractivity contribution is 0.0925. The highest BCUT2D eigenvalue weighted by atomic mass is 79.9. The second-order valence-electron chi connectivity index (χ2n) is 5.54. The maximum Gasteiger partial charge on any atom is 0.287 e. The summed E-state index contributed by atoms with van der Waals surface area (Å²) < 4.78 is 37.0. The van der Waals surface area contributed by atoms with Crippen molar-refractivity contribution in [1.82, 2.24) is 5.32 Å². The lowest BCUT2D eigenvalue weighted by atomic mass is 10.3. The summed E-state index contributed by atoms with van der Waals surface area (Å²) in [5.41, 5.74) is 0. The maximum atomic E-state index is 13.2. The van der Waals surface area contributed by atoms with E-state index in [0.717, 1.165) is 0 Å². The van der Waals surface area contributed by atoms with Crippen LogP contribution in [0.2, 0.25) is 0 Å². The van der Waals surface area contributed by atoms with Gasteiger partial charge in [-0.05, 0) is 63.8 Å². The zero-order chi connectivity index (χ0) is 19.4. The van der Waals surface area contributed by atoms with Gasteiger partial charge in [0.15, 0.2) is 20.3 Å². The van der Waals surface area contributed by atoms with Gasteiger partial charge in [0.2, 0.25) is 0 Å². The van der Waals surface area contributed by atoms with Gasteiger partial charge in [-0.15, -0.1) is 11.3 Å². The average molecular weight is 470 g/mol. The zero-order valence-corrected chi connectivity index (χ0v) is 17.4. The molecule has 1 aromatic carbocycles. The molecule has 2 aromatic heterocycles. The van der Waals surface area contributed by atoms with Crippen LogP contribution in [0.5, 0.6) is 5.75 Å². The van der Waals surface area contributed by atoms with Gasteiger partial charge in [0.25, 0.3) is 5.91 Å². The van der Waals surface area contributed by atoms with Crippen LogP contribution < -0.4 is 10.1 Å².